The van der Waals surface area contributed by atoms with Crippen LogP contribution in [0.1, 0.15) is 17.5 Å². The van der Waals surface area contributed by atoms with Crippen LogP contribution < -0.4 is 0 Å². The Kier molecular flexibility index (Phi) is 3.59. The lowest BCUT2D eigenvalue weighted by molar-refractivity contribution is -0.138. The van der Waals surface area contributed by atoms with E-state index in [1.165, 1.54) is 0 Å². The number of benzene rings is 1. The number of sulfonamides is 1. The molecule has 0 amide bonds. The van der Waals surface area contributed by atoms with Gasteiger partial charge in [0.15, 0.2) is 0 Å². The molecule has 0 bridgehead atoms. The van der Waals surface area contributed by atoms with E-state index in [2.05, 4.69) is 0 Å². The van der Waals surface area contributed by atoms with Gasteiger partial charge in [0.1, 0.15) is 0 Å². The van der Waals surface area contributed by atoms with Crippen molar-refractivity contribution in [2.75, 3.05) is 13.2 Å². The first-order chi connectivity index (χ1) is 8.74. The first kappa shape index (κ1) is 14.3. The van der Waals surface area contributed by atoms with Gasteiger partial charge in [0.2, 0.25) is 0 Å². The molecule has 1 aromatic rings. The third kappa shape index (κ3) is 2.60. The lowest BCUT2D eigenvalue weighted by Crippen LogP contribution is -2.28. The molecule has 1 aromatic carbocycles. The van der Waals surface area contributed by atoms with Gasteiger partial charge in [-0.15, -0.1) is 0 Å². The van der Waals surface area contributed by atoms with Crippen LogP contribution in [-0.2, 0) is 21.0 Å². The highest BCUT2D eigenvalue weighted by atomic mass is 32.2. The van der Waals surface area contributed by atoms with Gasteiger partial charge in [-0.3, -0.25) is 4.84 Å². The van der Waals surface area contributed by atoms with Gasteiger partial charge in [-0.2, -0.15) is 13.2 Å². The van der Waals surface area contributed by atoms with Gasteiger partial charge in [-0.05, 0) is 31.0 Å². The predicted molar refractivity (Wildman–Crippen MR) is 60.6 cm³/mol. The Morgan fingerprint density at radius 3 is 2.53 bits per heavy atom. The number of hydroxylamine groups is 1. The number of hydrogen-bond acceptors (Lipinski definition) is 3. The standard InChI is InChI=1S/C11H12F3NO3S/c1-8-9(11(12,13)14)4-2-5-10(8)19(16,17)15-6-3-7-18-15/h2,4-5H,3,6-7H2,1H3. The average Bonchev–Trinajstić information content (AvgIpc) is 2.81. The molecule has 1 aliphatic rings. The van der Waals surface area contributed by atoms with Crippen molar-refractivity contribution in [1.82, 2.24) is 4.47 Å². The molecule has 0 atom stereocenters. The van der Waals surface area contributed by atoms with E-state index in [4.69, 9.17) is 4.84 Å². The van der Waals surface area contributed by atoms with E-state index in [-0.39, 0.29) is 23.6 Å². The highest BCUT2D eigenvalue weighted by Gasteiger charge is 2.36. The molecule has 0 aliphatic carbocycles. The Morgan fingerprint density at radius 2 is 2.00 bits per heavy atom. The number of alkyl halides is 3. The maximum Gasteiger partial charge on any atom is 0.416 e. The summed E-state index contributed by atoms with van der Waals surface area (Å²) in [6.07, 6.45) is -4.06. The van der Waals surface area contributed by atoms with E-state index in [1.807, 2.05) is 0 Å². The summed E-state index contributed by atoms with van der Waals surface area (Å²) in [7, 11) is -4.04. The maximum absolute atomic E-state index is 12.8. The van der Waals surface area contributed by atoms with Gasteiger partial charge < -0.3 is 0 Å². The SMILES string of the molecule is Cc1c(C(F)(F)F)cccc1S(=O)(=O)N1CCCO1. The van der Waals surface area contributed by atoms with E-state index < -0.39 is 21.8 Å². The minimum atomic E-state index is -4.58. The van der Waals surface area contributed by atoms with Crippen LogP contribution in [0.5, 0.6) is 0 Å². The second-order valence-corrected chi connectivity index (χ2v) is 5.94. The number of nitrogens with zero attached hydrogens (tertiary/aromatic N) is 1. The topological polar surface area (TPSA) is 46.6 Å². The fraction of sp³-hybridized carbons (Fsp3) is 0.455. The van der Waals surface area contributed by atoms with Crippen LogP contribution in [-0.4, -0.2) is 26.0 Å². The quantitative estimate of drug-likeness (QED) is 0.841. The minimum Gasteiger partial charge on any atom is -0.284 e. The summed E-state index contributed by atoms with van der Waals surface area (Å²) >= 11 is 0. The first-order valence-corrected chi connectivity index (χ1v) is 7.01. The maximum atomic E-state index is 12.8. The molecule has 0 N–H and O–H groups in total. The summed E-state index contributed by atoms with van der Waals surface area (Å²) in [4.78, 5) is 4.55. The fourth-order valence-electron chi connectivity index (χ4n) is 1.92. The largest absolute Gasteiger partial charge is 0.416 e. The lowest BCUT2D eigenvalue weighted by Gasteiger charge is -2.18. The molecule has 1 fully saturated rings. The highest BCUT2D eigenvalue weighted by molar-refractivity contribution is 7.89. The van der Waals surface area contributed by atoms with Crippen LogP contribution in [0.2, 0.25) is 0 Å². The summed E-state index contributed by atoms with van der Waals surface area (Å²) in [5.41, 5.74) is -1.27. The zero-order valence-corrected chi connectivity index (χ0v) is 10.9. The molecule has 19 heavy (non-hydrogen) atoms. The molecular weight excluding hydrogens is 283 g/mol. The van der Waals surface area contributed by atoms with Gasteiger partial charge in [-0.1, -0.05) is 10.5 Å². The fourth-order valence-corrected chi connectivity index (χ4v) is 3.47. The molecule has 0 spiro atoms. The Balaban J connectivity index is 2.52. The molecular formula is C11H12F3NO3S. The average molecular weight is 295 g/mol. The van der Waals surface area contributed by atoms with Crippen molar-refractivity contribution in [3.8, 4) is 0 Å². The Labute approximate surface area is 108 Å². The minimum absolute atomic E-state index is 0.151. The van der Waals surface area contributed by atoms with Crippen LogP contribution in [0.4, 0.5) is 13.2 Å². The van der Waals surface area contributed by atoms with E-state index in [9.17, 15) is 21.6 Å². The van der Waals surface area contributed by atoms with Gasteiger partial charge in [-0.25, -0.2) is 8.42 Å². The third-order valence-electron chi connectivity index (χ3n) is 2.86. The van der Waals surface area contributed by atoms with Crippen LogP contribution in [0, 0.1) is 6.92 Å². The molecule has 0 saturated carbocycles. The van der Waals surface area contributed by atoms with Crippen molar-refractivity contribution < 1.29 is 26.4 Å². The van der Waals surface area contributed by atoms with E-state index >= 15 is 0 Å². The van der Waals surface area contributed by atoms with Crippen LogP contribution in [0.15, 0.2) is 23.1 Å². The molecule has 2 rings (SSSR count). The van der Waals surface area contributed by atoms with E-state index in [0.29, 0.717) is 6.42 Å². The normalized spacial score (nSPS) is 17.9. The molecule has 0 unspecified atom stereocenters. The van der Waals surface area contributed by atoms with Crippen molar-refractivity contribution in [3.63, 3.8) is 0 Å². The monoisotopic (exact) mass is 295 g/mol. The van der Waals surface area contributed by atoms with Crippen molar-refractivity contribution in [2.24, 2.45) is 0 Å². The molecule has 1 saturated heterocycles. The molecule has 0 aromatic heterocycles. The molecule has 106 valence electrons. The molecule has 8 heteroatoms. The smallest absolute Gasteiger partial charge is 0.284 e. The zero-order chi connectivity index (χ0) is 14.3. The Hall–Kier alpha value is -1.12. The highest BCUT2D eigenvalue weighted by Crippen LogP contribution is 2.35. The Bertz CT molecular complexity index is 577. The second-order valence-electron chi connectivity index (χ2n) is 4.14. The van der Waals surface area contributed by atoms with Gasteiger partial charge in [0, 0.05) is 6.54 Å². The molecule has 4 nitrogen and oxygen atoms in total. The number of halogens is 3. The zero-order valence-electron chi connectivity index (χ0n) is 10.1. The summed E-state index contributed by atoms with van der Waals surface area (Å²) in [6, 6.07) is 3.10. The van der Waals surface area contributed by atoms with Gasteiger partial charge >= 0.3 is 6.18 Å². The van der Waals surface area contributed by atoms with Gasteiger partial charge in [0.25, 0.3) is 10.0 Å². The summed E-state index contributed by atoms with van der Waals surface area (Å²) in [5, 5.41) is 0. The van der Waals surface area contributed by atoms with Crippen molar-refractivity contribution in [2.45, 2.75) is 24.4 Å². The number of rotatable bonds is 2. The summed E-state index contributed by atoms with van der Waals surface area (Å²) in [6.45, 7) is 1.54. The molecule has 0 radical (unpaired) electrons. The third-order valence-corrected chi connectivity index (χ3v) is 4.68. The lowest BCUT2D eigenvalue weighted by atomic mass is 10.1. The summed E-state index contributed by atoms with van der Waals surface area (Å²) < 4.78 is 63.3. The Morgan fingerprint density at radius 1 is 1.32 bits per heavy atom. The second kappa shape index (κ2) is 4.77. The van der Waals surface area contributed by atoms with Crippen molar-refractivity contribution in [1.29, 1.82) is 0 Å². The van der Waals surface area contributed by atoms with Gasteiger partial charge in [0.05, 0.1) is 17.1 Å². The first-order valence-electron chi connectivity index (χ1n) is 5.57. The van der Waals surface area contributed by atoms with Crippen molar-refractivity contribution in [3.05, 3.63) is 29.3 Å². The summed E-state index contributed by atoms with van der Waals surface area (Å²) in [5.74, 6) is 0. The van der Waals surface area contributed by atoms with Crippen LogP contribution >= 0.6 is 0 Å². The van der Waals surface area contributed by atoms with Crippen LogP contribution in [0.25, 0.3) is 0 Å². The van der Waals surface area contributed by atoms with E-state index in [0.717, 1.165) is 29.6 Å². The number of hydrogen-bond donors (Lipinski definition) is 0. The molecule has 1 aliphatic heterocycles. The van der Waals surface area contributed by atoms with Crippen molar-refractivity contribution >= 4 is 10.0 Å². The van der Waals surface area contributed by atoms with E-state index in [1.54, 1.807) is 0 Å². The predicted octanol–water partition coefficient (Wildman–Crippen LogP) is 2.34. The van der Waals surface area contributed by atoms with Crippen LogP contribution in [0.3, 0.4) is 0 Å². The molecule has 1 heterocycles.